The van der Waals surface area contributed by atoms with Gasteiger partial charge in [0.2, 0.25) is 11.8 Å². The van der Waals surface area contributed by atoms with Crippen molar-refractivity contribution in [2.24, 2.45) is 5.92 Å². The molecule has 2 fully saturated rings. The van der Waals surface area contributed by atoms with Crippen molar-refractivity contribution in [3.63, 3.8) is 0 Å². The van der Waals surface area contributed by atoms with E-state index in [9.17, 15) is 9.59 Å². The Morgan fingerprint density at radius 1 is 1.32 bits per heavy atom. The summed E-state index contributed by atoms with van der Waals surface area (Å²) in [5, 5.41) is 3.11. The maximum atomic E-state index is 12.6. The highest BCUT2D eigenvalue weighted by Gasteiger charge is 2.41. The van der Waals surface area contributed by atoms with Crippen LogP contribution in [0.25, 0.3) is 0 Å². The number of nitrogens with one attached hydrogen (secondary N) is 1. The zero-order valence-corrected chi connectivity index (χ0v) is 14.3. The van der Waals surface area contributed by atoms with Crippen LogP contribution in [0.2, 0.25) is 0 Å². The summed E-state index contributed by atoms with van der Waals surface area (Å²) in [7, 11) is 0. The predicted molar refractivity (Wildman–Crippen MR) is 87.8 cm³/mol. The van der Waals surface area contributed by atoms with Crippen LogP contribution in [-0.4, -0.2) is 29.3 Å². The molecule has 1 saturated heterocycles. The lowest BCUT2D eigenvalue weighted by molar-refractivity contribution is -0.139. The minimum absolute atomic E-state index is 0.00209. The highest BCUT2D eigenvalue weighted by atomic mass is 32.1. The van der Waals surface area contributed by atoms with Crippen LogP contribution in [0, 0.1) is 19.8 Å². The molecule has 0 aromatic carbocycles. The summed E-state index contributed by atoms with van der Waals surface area (Å²) in [6, 6.07) is 1.87. The summed E-state index contributed by atoms with van der Waals surface area (Å²) in [6.45, 7) is 6.93. The molecule has 2 amide bonds. The van der Waals surface area contributed by atoms with Crippen molar-refractivity contribution in [1.29, 1.82) is 0 Å². The second kappa shape index (κ2) is 6.03. The summed E-state index contributed by atoms with van der Waals surface area (Å²) in [5.74, 6) is 0.378. The average molecular weight is 320 g/mol. The van der Waals surface area contributed by atoms with Gasteiger partial charge in [-0.3, -0.25) is 9.59 Å². The molecule has 2 aliphatic rings. The van der Waals surface area contributed by atoms with Crippen LogP contribution in [0.15, 0.2) is 6.07 Å². The Balaban J connectivity index is 1.65. The predicted octanol–water partition coefficient (Wildman–Crippen LogP) is 2.94. The van der Waals surface area contributed by atoms with Gasteiger partial charge in [-0.1, -0.05) is 0 Å². The van der Waals surface area contributed by atoms with E-state index in [1.807, 2.05) is 11.8 Å². The second-order valence-corrected chi connectivity index (χ2v) is 8.02. The summed E-state index contributed by atoms with van der Waals surface area (Å²) in [4.78, 5) is 29.2. The number of hydrogen-bond acceptors (Lipinski definition) is 3. The molecular weight excluding hydrogens is 296 g/mol. The van der Waals surface area contributed by atoms with Gasteiger partial charge in [0.25, 0.3) is 0 Å². The molecule has 4 nitrogen and oxygen atoms in total. The molecule has 2 heterocycles. The van der Waals surface area contributed by atoms with Crippen LogP contribution in [0.5, 0.6) is 0 Å². The van der Waals surface area contributed by atoms with Gasteiger partial charge in [-0.25, -0.2) is 0 Å². The molecule has 22 heavy (non-hydrogen) atoms. The maximum absolute atomic E-state index is 12.6. The van der Waals surface area contributed by atoms with Gasteiger partial charge in [0, 0.05) is 22.2 Å². The van der Waals surface area contributed by atoms with E-state index in [1.54, 1.807) is 11.3 Å². The first-order chi connectivity index (χ1) is 10.5. The molecule has 1 aliphatic heterocycles. The largest absolute Gasteiger partial charge is 0.348 e. The summed E-state index contributed by atoms with van der Waals surface area (Å²) < 4.78 is 0. The van der Waals surface area contributed by atoms with Crippen molar-refractivity contribution >= 4 is 23.2 Å². The van der Waals surface area contributed by atoms with Gasteiger partial charge in [0.05, 0.1) is 6.04 Å². The minimum atomic E-state index is -0.268. The van der Waals surface area contributed by atoms with Crippen molar-refractivity contribution in [3.05, 3.63) is 21.4 Å². The van der Waals surface area contributed by atoms with E-state index in [2.05, 4.69) is 25.2 Å². The fraction of sp³-hybridized carbons (Fsp3) is 0.647. The Morgan fingerprint density at radius 3 is 2.64 bits per heavy atom. The van der Waals surface area contributed by atoms with E-state index in [0.29, 0.717) is 0 Å². The van der Waals surface area contributed by atoms with Crippen molar-refractivity contribution in [2.45, 2.75) is 58.5 Å². The number of hydrogen-bond donors (Lipinski definition) is 1. The Bertz CT molecular complexity index is 591. The number of aryl methyl sites for hydroxylation is 2. The van der Waals surface area contributed by atoms with Crippen LogP contribution in [0.3, 0.4) is 0 Å². The molecule has 1 N–H and O–H groups in total. The van der Waals surface area contributed by atoms with Crippen molar-refractivity contribution in [1.82, 2.24) is 10.2 Å². The van der Waals surface area contributed by atoms with E-state index in [1.165, 1.54) is 15.3 Å². The van der Waals surface area contributed by atoms with Crippen LogP contribution in [0.1, 0.15) is 54.0 Å². The van der Waals surface area contributed by atoms with Crippen LogP contribution >= 0.6 is 11.3 Å². The Hall–Kier alpha value is -1.36. The molecular formula is C17H24N2O2S. The lowest BCUT2D eigenvalue weighted by Gasteiger charge is -2.25. The molecule has 1 saturated carbocycles. The Kier molecular flexibility index (Phi) is 4.26. The van der Waals surface area contributed by atoms with Crippen molar-refractivity contribution in [3.8, 4) is 0 Å². The third-order valence-electron chi connectivity index (χ3n) is 4.67. The fourth-order valence-electron chi connectivity index (χ4n) is 3.34. The molecule has 120 valence electrons. The van der Waals surface area contributed by atoms with Gasteiger partial charge in [-0.15, -0.1) is 11.3 Å². The van der Waals surface area contributed by atoms with Gasteiger partial charge in [-0.05, 0) is 58.1 Å². The van der Waals surface area contributed by atoms with Crippen molar-refractivity contribution in [2.75, 3.05) is 6.54 Å². The molecule has 0 radical (unpaired) electrons. The van der Waals surface area contributed by atoms with Crippen LogP contribution in [-0.2, 0) is 9.59 Å². The van der Waals surface area contributed by atoms with Crippen LogP contribution < -0.4 is 5.32 Å². The topological polar surface area (TPSA) is 49.4 Å². The van der Waals surface area contributed by atoms with Gasteiger partial charge >= 0.3 is 0 Å². The monoisotopic (exact) mass is 320 g/mol. The molecule has 0 unspecified atom stereocenters. The summed E-state index contributed by atoms with van der Waals surface area (Å²) >= 11 is 1.76. The van der Waals surface area contributed by atoms with E-state index < -0.39 is 0 Å². The summed E-state index contributed by atoms with van der Waals surface area (Å²) in [5.41, 5.74) is 1.19. The highest BCUT2D eigenvalue weighted by molar-refractivity contribution is 7.12. The highest BCUT2D eigenvalue weighted by Crippen LogP contribution is 2.34. The maximum Gasteiger partial charge on any atom is 0.243 e. The van der Waals surface area contributed by atoms with Crippen LogP contribution in [0.4, 0.5) is 0 Å². The standard InChI is InChI=1S/C17H24N2O2S/c1-10-9-14(12(3)22-10)11(2)18-16(20)15-5-4-8-19(15)17(21)13-6-7-13/h9,11,13,15H,4-8H2,1-3H3,(H,18,20)/t11-,15-/m1/s1. The number of carbonyl (C=O) groups is 2. The molecule has 0 bridgehead atoms. The fourth-order valence-corrected chi connectivity index (χ4v) is 4.36. The average Bonchev–Trinajstić information content (AvgIpc) is 3.09. The quantitative estimate of drug-likeness (QED) is 0.927. The molecule has 1 aromatic heterocycles. The summed E-state index contributed by atoms with van der Waals surface area (Å²) in [6.07, 6.45) is 3.71. The van der Waals surface area contributed by atoms with Gasteiger partial charge in [-0.2, -0.15) is 0 Å². The SMILES string of the molecule is Cc1cc([C@@H](C)NC(=O)[C@H]2CCCN2C(=O)C2CC2)c(C)s1. The van der Waals surface area contributed by atoms with E-state index in [4.69, 9.17) is 0 Å². The van der Waals surface area contributed by atoms with Crippen molar-refractivity contribution < 1.29 is 9.59 Å². The first-order valence-corrected chi connectivity index (χ1v) is 8.97. The Morgan fingerprint density at radius 2 is 2.05 bits per heavy atom. The number of carbonyl (C=O) groups excluding carboxylic acids is 2. The molecule has 5 heteroatoms. The van der Waals surface area contributed by atoms with E-state index in [0.717, 1.165) is 32.2 Å². The number of rotatable bonds is 4. The second-order valence-electron chi connectivity index (χ2n) is 6.56. The van der Waals surface area contributed by atoms with E-state index >= 15 is 0 Å². The molecule has 1 aliphatic carbocycles. The van der Waals surface area contributed by atoms with E-state index in [-0.39, 0.29) is 29.8 Å². The van der Waals surface area contributed by atoms with Gasteiger partial charge in [0.1, 0.15) is 6.04 Å². The lowest BCUT2D eigenvalue weighted by atomic mass is 10.1. The molecule has 0 spiro atoms. The first-order valence-electron chi connectivity index (χ1n) is 8.15. The molecule has 1 aromatic rings. The number of likely N-dealkylation sites (tertiary alicyclic amines) is 1. The number of thiophene rings is 1. The van der Waals surface area contributed by atoms with Gasteiger partial charge < -0.3 is 10.2 Å². The minimum Gasteiger partial charge on any atom is -0.348 e. The number of nitrogens with zero attached hydrogens (tertiary/aromatic N) is 1. The first kappa shape index (κ1) is 15.5. The molecule has 3 rings (SSSR count). The third kappa shape index (κ3) is 3.05. The molecule has 2 atom stereocenters. The zero-order chi connectivity index (χ0) is 15.9. The third-order valence-corrected chi connectivity index (χ3v) is 5.65. The lowest BCUT2D eigenvalue weighted by Crippen LogP contribution is -2.47. The smallest absolute Gasteiger partial charge is 0.243 e. The zero-order valence-electron chi connectivity index (χ0n) is 13.5. The number of amides is 2. The Labute approximate surface area is 135 Å². The normalized spacial score (nSPS) is 22.7. The van der Waals surface area contributed by atoms with Gasteiger partial charge in [0.15, 0.2) is 0 Å².